The van der Waals surface area contributed by atoms with Crippen LogP contribution in [0.25, 0.3) is 0 Å². The molecule has 1 saturated heterocycles. The fourth-order valence-electron chi connectivity index (χ4n) is 2.46. The van der Waals surface area contributed by atoms with Crippen LogP contribution < -0.4 is 5.32 Å². The number of nitrogens with one attached hydrogen (secondary N) is 1. The van der Waals surface area contributed by atoms with Crippen molar-refractivity contribution < 1.29 is 4.79 Å². The van der Waals surface area contributed by atoms with Crippen molar-refractivity contribution >= 4 is 21.8 Å². The number of rotatable bonds is 4. The first-order valence-corrected chi connectivity index (χ1v) is 7.27. The van der Waals surface area contributed by atoms with Crippen molar-refractivity contribution in [2.24, 2.45) is 0 Å². The standard InChI is InChI=1S/C14H19BrN2O/c1-2-16-10-14(18)17-8-4-7-13(17)11-5-3-6-12(15)9-11/h3,5-6,9,13,16H,2,4,7-8,10H2,1H3. The molecule has 1 unspecified atom stereocenters. The topological polar surface area (TPSA) is 32.3 Å². The fourth-order valence-corrected chi connectivity index (χ4v) is 2.88. The van der Waals surface area contributed by atoms with Crippen molar-refractivity contribution in [3.8, 4) is 0 Å². The van der Waals surface area contributed by atoms with Gasteiger partial charge in [0.25, 0.3) is 0 Å². The zero-order valence-electron chi connectivity index (χ0n) is 10.7. The van der Waals surface area contributed by atoms with Gasteiger partial charge >= 0.3 is 0 Å². The van der Waals surface area contributed by atoms with Crippen LogP contribution in [0.15, 0.2) is 28.7 Å². The van der Waals surface area contributed by atoms with E-state index in [0.717, 1.165) is 30.4 Å². The molecule has 98 valence electrons. The Balaban J connectivity index is 2.10. The van der Waals surface area contributed by atoms with Crippen molar-refractivity contribution in [1.82, 2.24) is 10.2 Å². The maximum atomic E-state index is 12.1. The Morgan fingerprint density at radius 1 is 1.56 bits per heavy atom. The van der Waals surface area contributed by atoms with E-state index in [-0.39, 0.29) is 11.9 Å². The summed E-state index contributed by atoms with van der Waals surface area (Å²) < 4.78 is 1.07. The molecular formula is C14H19BrN2O. The van der Waals surface area contributed by atoms with Gasteiger partial charge in [-0.3, -0.25) is 4.79 Å². The average molecular weight is 311 g/mol. The molecule has 1 aliphatic heterocycles. The first kappa shape index (κ1) is 13.6. The summed E-state index contributed by atoms with van der Waals surface area (Å²) in [7, 11) is 0. The largest absolute Gasteiger partial charge is 0.335 e. The van der Waals surface area contributed by atoms with Crippen LogP contribution in [0.1, 0.15) is 31.4 Å². The summed E-state index contributed by atoms with van der Waals surface area (Å²) >= 11 is 3.49. The van der Waals surface area contributed by atoms with Gasteiger partial charge in [0.05, 0.1) is 12.6 Å². The van der Waals surface area contributed by atoms with Crippen LogP contribution in [0.3, 0.4) is 0 Å². The second kappa shape index (κ2) is 6.34. The number of carbonyl (C=O) groups excluding carboxylic acids is 1. The lowest BCUT2D eigenvalue weighted by Gasteiger charge is -2.25. The Hall–Kier alpha value is -0.870. The number of likely N-dealkylation sites (tertiary alicyclic amines) is 1. The van der Waals surface area contributed by atoms with Gasteiger partial charge in [0, 0.05) is 11.0 Å². The molecule has 3 nitrogen and oxygen atoms in total. The number of halogens is 1. The lowest BCUT2D eigenvalue weighted by molar-refractivity contribution is -0.131. The minimum Gasteiger partial charge on any atom is -0.335 e. The van der Waals surface area contributed by atoms with Gasteiger partial charge in [-0.05, 0) is 37.1 Å². The van der Waals surface area contributed by atoms with Gasteiger partial charge in [-0.15, -0.1) is 0 Å². The Labute approximate surface area is 117 Å². The highest BCUT2D eigenvalue weighted by atomic mass is 79.9. The van der Waals surface area contributed by atoms with E-state index >= 15 is 0 Å². The SMILES string of the molecule is CCNCC(=O)N1CCCC1c1cccc(Br)c1. The maximum Gasteiger partial charge on any atom is 0.237 e. The summed E-state index contributed by atoms with van der Waals surface area (Å²) in [5.41, 5.74) is 1.23. The lowest BCUT2D eigenvalue weighted by atomic mass is 10.0. The predicted molar refractivity (Wildman–Crippen MR) is 76.4 cm³/mol. The van der Waals surface area contributed by atoms with Crippen molar-refractivity contribution in [2.45, 2.75) is 25.8 Å². The smallest absolute Gasteiger partial charge is 0.237 e. The van der Waals surface area contributed by atoms with Gasteiger partial charge in [0.1, 0.15) is 0 Å². The molecule has 1 fully saturated rings. The highest BCUT2D eigenvalue weighted by Gasteiger charge is 2.29. The molecule has 18 heavy (non-hydrogen) atoms. The van der Waals surface area contributed by atoms with Crippen LogP contribution in [0, 0.1) is 0 Å². The first-order valence-electron chi connectivity index (χ1n) is 6.48. The molecule has 1 amide bonds. The maximum absolute atomic E-state index is 12.1. The van der Waals surface area contributed by atoms with Crippen LogP contribution >= 0.6 is 15.9 Å². The third kappa shape index (κ3) is 3.12. The van der Waals surface area contributed by atoms with Gasteiger partial charge in [-0.1, -0.05) is 35.0 Å². The zero-order valence-corrected chi connectivity index (χ0v) is 12.2. The van der Waals surface area contributed by atoms with Crippen LogP contribution in [0.5, 0.6) is 0 Å². The molecule has 1 atom stereocenters. The molecule has 1 N–H and O–H groups in total. The van der Waals surface area contributed by atoms with Gasteiger partial charge in [0.15, 0.2) is 0 Å². The number of likely N-dealkylation sites (N-methyl/N-ethyl adjacent to an activating group) is 1. The molecule has 0 aromatic heterocycles. The normalized spacial score (nSPS) is 19.2. The van der Waals surface area contributed by atoms with Crippen molar-refractivity contribution in [3.63, 3.8) is 0 Å². The first-order chi connectivity index (χ1) is 8.72. The summed E-state index contributed by atoms with van der Waals surface area (Å²) in [6.45, 7) is 4.17. The Kier molecular flexibility index (Phi) is 4.78. The Bertz CT molecular complexity index is 422. The average Bonchev–Trinajstić information content (AvgIpc) is 2.85. The molecule has 2 rings (SSSR count). The van der Waals surface area contributed by atoms with Crippen molar-refractivity contribution in [3.05, 3.63) is 34.3 Å². The van der Waals surface area contributed by atoms with E-state index in [2.05, 4.69) is 33.4 Å². The van der Waals surface area contributed by atoms with Gasteiger partial charge in [-0.25, -0.2) is 0 Å². The highest BCUT2D eigenvalue weighted by Crippen LogP contribution is 2.32. The van der Waals surface area contributed by atoms with Crippen molar-refractivity contribution in [2.75, 3.05) is 19.6 Å². The van der Waals surface area contributed by atoms with E-state index in [1.165, 1.54) is 5.56 Å². The third-order valence-corrected chi connectivity index (χ3v) is 3.83. The number of carbonyl (C=O) groups is 1. The quantitative estimate of drug-likeness (QED) is 0.927. The number of benzene rings is 1. The zero-order chi connectivity index (χ0) is 13.0. The van der Waals surface area contributed by atoms with E-state index < -0.39 is 0 Å². The summed E-state index contributed by atoms with van der Waals surface area (Å²) in [6.07, 6.45) is 2.16. The van der Waals surface area contributed by atoms with E-state index in [9.17, 15) is 4.79 Å². The molecule has 1 heterocycles. The molecule has 1 aromatic carbocycles. The van der Waals surface area contributed by atoms with Crippen LogP contribution in [0.4, 0.5) is 0 Å². The number of amides is 1. The molecule has 0 saturated carbocycles. The third-order valence-electron chi connectivity index (χ3n) is 3.33. The summed E-state index contributed by atoms with van der Waals surface area (Å²) in [5.74, 6) is 0.208. The molecule has 1 aliphatic rings. The van der Waals surface area contributed by atoms with Gasteiger partial charge in [0.2, 0.25) is 5.91 Å². The molecule has 0 spiro atoms. The second-order valence-electron chi connectivity index (χ2n) is 4.58. The van der Waals surface area contributed by atoms with Crippen LogP contribution in [-0.4, -0.2) is 30.4 Å². The summed E-state index contributed by atoms with van der Waals surface area (Å²) in [5, 5.41) is 3.11. The molecule has 0 bridgehead atoms. The molecular weight excluding hydrogens is 292 g/mol. The van der Waals surface area contributed by atoms with E-state index in [1.54, 1.807) is 0 Å². The molecule has 4 heteroatoms. The minimum absolute atomic E-state index is 0.208. The minimum atomic E-state index is 0.208. The molecule has 0 aliphatic carbocycles. The van der Waals surface area contributed by atoms with E-state index in [1.807, 2.05) is 24.0 Å². The number of hydrogen-bond acceptors (Lipinski definition) is 2. The van der Waals surface area contributed by atoms with Crippen LogP contribution in [-0.2, 0) is 4.79 Å². The summed E-state index contributed by atoms with van der Waals surface area (Å²) in [4.78, 5) is 14.1. The summed E-state index contributed by atoms with van der Waals surface area (Å²) in [6, 6.07) is 8.51. The van der Waals surface area contributed by atoms with E-state index in [0.29, 0.717) is 6.54 Å². The second-order valence-corrected chi connectivity index (χ2v) is 5.50. The molecule has 0 radical (unpaired) electrons. The number of nitrogens with zero attached hydrogens (tertiary/aromatic N) is 1. The van der Waals surface area contributed by atoms with E-state index in [4.69, 9.17) is 0 Å². The van der Waals surface area contributed by atoms with Crippen LogP contribution in [0.2, 0.25) is 0 Å². The lowest BCUT2D eigenvalue weighted by Crippen LogP contribution is -2.37. The predicted octanol–water partition coefficient (Wildman–Crippen LogP) is 2.72. The fraction of sp³-hybridized carbons (Fsp3) is 0.500. The monoisotopic (exact) mass is 310 g/mol. The van der Waals surface area contributed by atoms with Gasteiger partial charge < -0.3 is 10.2 Å². The molecule has 1 aromatic rings. The highest BCUT2D eigenvalue weighted by molar-refractivity contribution is 9.10. The Morgan fingerprint density at radius 2 is 2.39 bits per heavy atom. The number of hydrogen-bond donors (Lipinski definition) is 1. The Morgan fingerprint density at radius 3 is 3.11 bits per heavy atom. The van der Waals surface area contributed by atoms with Crippen molar-refractivity contribution in [1.29, 1.82) is 0 Å². The van der Waals surface area contributed by atoms with Gasteiger partial charge in [-0.2, -0.15) is 0 Å².